The first-order chi connectivity index (χ1) is 9.98. The summed E-state index contributed by atoms with van der Waals surface area (Å²) in [5.74, 6) is 0.662. The Kier molecular flexibility index (Phi) is 5.51. The second-order valence-electron chi connectivity index (χ2n) is 5.42. The molecule has 1 aliphatic heterocycles. The molecule has 1 unspecified atom stereocenters. The molecule has 0 amide bonds. The summed E-state index contributed by atoms with van der Waals surface area (Å²) < 4.78 is 43.4. The maximum atomic E-state index is 12.5. The predicted octanol–water partition coefficient (Wildman–Crippen LogP) is 1.48. The molecule has 9 heteroatoms. The standard InChI is InChI=1S/C12H20F3N5O/c1-21-8-10-4-2-3-5-19(6-10)7-11-16-17-18-20(11)9-12(13,14)15/h10H,2-9H2,1H3. The van der Waals surface area contributed by atoms with E-state index in [0.717, 1.165) is 37.0 Å². The van der Waals surface area contributed by atoms with Crippen LogP contribution in [0.1, 0.15) is 25.1 Å². The first kappa shape index (κ1) is 16.2. The molecule has 2 rings (SSSR count). The molecular formula is C12H20F3N5O. The van der Waals surface area contributed by atoms with Gasteiger partial charge in [0.2, 0.25) is 0 Å². The number of nitrogens with zero attached hydrogens (tertiary/aromatic N) is 5. The van der Waals surface area contributed by atoms with Crippen molar-refractivity contribution in [2.75, 3.05) is 26.8 Å². The van der Waals surface area contributed by atoms with Gasteiger partial charge in [0.15, 0.2) is 5.82 Å². The van der Waals surface area contributed by atoms with Crippen molar-refractivity contribution in [2.24, 2.45) is 5.92 Å². The van der Waals surface area contributed by atoms with Gasteiger partial charge in [-0.3, -0.25) is 4.90 Å². The lowest BCUT2D eigenvalue weighted by atomic mass is 10.0. The van der Waals surface area contributed by atoms with Crippen molar-refractivity contribution in [3.05, 3.63) is 5.82 Å². The van der Waals surface area contributed by atoms with E-state index in [1.54, 1.807) is 7.11 Å². The van der Waals surface area contributed by atoms with Crippen LogP contribution >= 0.6 is 0 Å². The molecule has 1 atom stereocenters. The van der Waals surface area contributed by atoms with Gasteiger partial charge in [0, 0.05) is 13.7 Å². The van der Waals surface area contributed by atoms with E-state index in [9.17, 15) is 13.2 Å². The van der Waals surface area contributed by atoms with Crippen molar-refractivity contribution < 1.29 is 17.9 Å². The molecule has 0 N–H and O–H groups in total. The van der Waals surface area contributed by atoms with E-state index in [-0.39, 0.29) is 5.82 Å². The van der Waals surface area contributed by atoms with Gasteiger partial charge in [-0.05, 0) is 35.7 Å². The Hall–Kier alpha value is -1.22. The second kappa shape index (κ2) is 7.17. The number of tetrazole rings is 1. The Balaban J connectivity index is 1.98. The molecule has 1 aliphatic rings. The van der Waals surface area contributed by atoms with Crippen LogP contribution in [0, 0.1) is 5.92 Å². The van der Waals surface area contributed by atoms with E-state index >= 15 is 0 Å². The second-order valence-corrected chi connectivity index (χ2v) is 5.42. The highest BCUT2D eigenvalue weighted by Crippen LogP contribution is 2.20. The molecule has 0 bridgehead atoms. The average Bonchev–Trinajstić information content (AvgIpc) is 2.67. The Labute approximate surface area is 121 Å². The lowest BCUT2D eigenvalue weighted by Gasteiger charge is -2.23. The molecule has 0 aliphatic carbocycles. The Morgan fingerprint density at radius 3 is 2.86 bits per heavy atom. The Morgan fingerprint density at radius 2 is 2.14 bits per heavy atom. The Morgan fingerprint density at radius 1 is 1.33 bits per heavy atom. The van der Waals surface area contributed by atoms with Crippen molar-refractivity contribution in [1.82, 2.24) is 25.1 Å². The van der Waals surface area contributed by atoms with Crippen LogP contribution < -0.4 is 0 Å². The van der Waals surface area contributed by atoms with E-state index in [1.807, 2.05) is 0 Å². The predicted molar refractivity (Wildman–Crippen MR) is 68.4 cm³/mol. The van der Waals surface area contributed by atoms with Crippen LogP contribution in [0.5, 0.6) is 0 Å². The first-order valence-corrected chi connectivity index (χ1v) is 7.01. The van der Waals surface area contributed by atoms with Crippen LogP contribution in [-0.4, -0.2) is 58.1 Å². The monoisotopic (exact) mass is 307 g/mol. The van der Waals surface area contributed by atoms with Gasteiger partial charge in [-0.1, -0.05) is 6.42 Å². The van der Waals surface area contributed by atoms with Crippen molar-refractivity contribution in [1.29, 1.82) is 0 Å². The lowest BCUT2D eigenvalue weighted by Crippen LogP contribution is -2.31. The zero-order valence-corrected chi connectivity index (χ0v) is 12.0. The van der Waals surface area contributed by atoms with Gasteiger partial charge >= 0.3 is 6.18 Å². The highest BCUT2D eigenvalue weighted by Gasteiger charge is 2.30. The molecule has 1 fully saturated rings. The number of ether oxygens (including phenoxy) is 1. The van der Waals surface area contributed by atoms with Gasteiger partial charge < -0.3 is 4.74 Å². The van der Waals surface area contributed by atoms with Gasteiger partial charge in [-0.25, -0.2) is 4.68 Å². The van der Waals surface area contributed by atoms with Crippen LogP contribution in [0.2, 0.25) is 0 Å². The number of rotatable bonds is 5. The maximum absolute atomic E-state index is 12.5. The summed E-state index contributed by atoms with van der Waals surface area (Å²) in [6, 6.07) is 0. The molecule has 6 nitrogen and oxygen atoms in total. The van der Waals surface area contributed by atoms with Gasteiger partial charge in [0.05, 0.1) is 13.2 Å². The molecule has 21 heavy (non-hydrogen) atoms. The minimum absolute atomic E-state index is 0.255. The fourth-order valence-corrected chi connectivity index (χ4v) is 2.66. The topological polar surface area (TPSA) is 56.1 Å². The number of halogens is 3. The number of methoxy groups -OCH3 is 1. The summed E-state index contributed by atoms with van der Waals surface area (Å²) in [5, 5.41) is 10.5. The molecule has 0 saturated carbocycles. The van der Waals surface area contributed by atoms with Crippen LogP contribution in [0.3, 0.4) is 0 Å². The smallest absolute Gasteiger partial charge is 0.384 e. The SMILES string of the molecule is COCC1CCCCN(Cc2nnnn2CC(F)(F)F)C1. The third kappa shape index (κ3) is 5.24. The van der Waals surface area contributed by atoms with Gasteiger partial charge in [-0.2, -0.15) is 13.2 Å². The summed E-state index contributed by atoms with van der Waals surface area (Å²) >= 11 is 0. The number of hydrogen-bond donors (Lipinski definition) is 0. The lowest BCUT2D eigenvalue weighted by molar-refractivity contribution is -0.143. The highest BCUT2D eigenvalue weighted by molar-refractivity contribution is 4.84. The van der Waals surface area contributed by atoms with E-state index in [4.69, 9.17) is 4.74 Å². The van der Waals surface area contributed by atoms with Crippen LogP contribution in [0.4, 0.5) is 13.2 Å². The molecule has 0 spiro atoms. The van der Waals surface area contributed by atoms with Crippen LogP contribution in [0.25, 0.3) is 0 Å². The number of likely N-dealkylation sites (tertiary alicyclic amines) is 1. The molecule has 0 radical (unpaired) electrons. The van der Waals surface area contributed by atoms with Crippen molar-refractivity contribution in [2.45, 2.75) is 38.5 Å². The van der Waals surface area contributed by atoms with Crippen LogP contribution in [-0.2, 0) is 17.8 Å². The molecule has 1 aromatic rings. The number of aromatic nitrogens is 4. The number of hydrogen-bond acceptors (Lipinski definition) is 5. The van der Waals surface area contributed by atoms with E-state index in [1.165, 1.54) is 0 Å². The van der Waals surface area contributed by atoms with E-state index < -0.39 is 12.7 Å². The van der Waals surface area contributed by atoms with Crippen LogP contribution in [0.15, 0.2) is 0 Å². The van der Waals surface area contributed by atoms with Gasteiger partial charge in [-0.15, -0.1) is 5.10 Å². The molecule has 0 aromatic carbocycles. The fraction of sp³-hybridized carbons (Fsp3) is 0.917. The van der Waals surface area contributed by atoms with E-state index in [2.05, 4.69) is 20.4 Å². The maximum Gasteiger partial charge on any atom is 0.408 e. The average molecular weight is 307 g/mol. The molecule has 1 saturated heterocycles. The van der Waals surface area contributed by atoms with Crippen molar-refractivity contribution in [3.63, 3.8) is 0 Å². The normalized spacial score (nSPS) is 21.4. The molecule has 2 heterocycles. The number of alkyl halides is 3. The molecule has 1 aromatic heterocycles. The zero-order chi connectivity index (χ0) is 15.3. The summed E-state index contributed by atoms with van der Waals surface area (Å²) in [6.07, 6.45) is -1.10. The molecule has 120 valence electrons. The van der Waals surface area contributed by atoms with E-state index in [0.29, 0.717) is 19.1 Å². The summed E-state index contributed by atoms with van der Waals surface area (Å²) in [6.45, 7) is 1.50. The van der Waals surface area contributed by atoms with Crippen molar-refractivity contribution in [3.8, 4) is 0 Å². The zero-order valence-electron chi connectivity index (χ0n) is 12.0. The van der Waals surface area contributed by atoms with Gasteiger partial charge in [0.25, 0.3) is 0 Å². The van der Waals surface area contributed by atoms with Crippen molar-refractivity contribution >= 4 is 0 Å². The molecular weight excluding hydrogens is 287 g/mol. The Bertz CT molecular complexity index is 437. The highest BCUT2D eigenvalue weighted by atomic mass is 19.4. The van der Waals surface area contributed by atoms with Gasteiger partial charge in [0.1, 0.15) is 6.54 Å². The summed E-state index contributed by atoms with van der Waals surface area (Å²) in [4.78, 5) is 2.11. The minimum atomic E-state index is -4.32. The largest absolute Gasteiger partial charge is 0.408 e. The first-order valence-electron chi connectivity index (χ1n) is 7.01. The quantitative estimate of drug-likeness (QED) is 0.825. The summed E-state index contributed by atoms with van der Waals surface area (Å²) in [7, 11) is 1.67. The third-order valence-electron chi connectivity index (χ3n) is 3.56. The fourth-order valence-electron chi connectivity index (χ4n) is 2.66. The summed E-state index contributed by atoms with van der Waals surface area (Å²) in [5.41, 5.74) is 0. The third-order valence-corrected chi connectivity index (χ3v) is 3.56. The minimum Gasteiger partial charge on any atom is -0.384 e.